The number of hydrogen-bond acceptors (Lipinski definition) is 3. The van der Waals surface area contributed by atoms with E-state index < -0.39 is 0 Å². The Morgan fingerprint density at radius 3 is 2.26 bits per heavy atom. The van der Waals surface area contributed by atoms with Gasteiger partial charge in [0.2, 0.25) is 11.8 Å². The van der Waals surface area contributed by atoms with E-state index >= 15 is 0 Å². The van der Waals surface area contributed by atoms with E-state index in [2.05, 4.69) is 10.6 Å². The molecule has 2 aliphatic heterocycles. The summed E-state index contributed by atoms with van der Waals surface area (Å²) in [6, 6.07) is 5.09. The molecule has 0 radical (unpaired) electrons. The number of carbonyl (C=O) groups is 3. The summed E-state index contributed by atoms with van der Waals surface area (Å²) in [7, 11) is 0. The number of carbonyl (C=O) groups excluding carboxylic acids is 3. The fourth-order valence-electron chi connectivity index (χ4n) is 3.57. The van der Waals surface area contributed by atoms with E-state index in [9.17, 15) is 14.4 Å². The lowest BCUT2D eigenvalue weighted by Gasteiger charge is -2.34. The van der Waals surface area contributed by atoms with Crippen molar-refractivity contribution in [1.29, 1.82) is 0 Å². The first kappa shape index (κ1) is 19.5. The molecule has 3 rings (SSSR count). The van der Waals surface area contributed by atoms with Gasteiger partial charge in [0.15, 0.2) is 0 Å². The van der Waals surface area contributed by atoms with Gasteiger partial charge in [-0.1, -0.05) is 11.6 Å². The molecule has 0 spiro atoms. The fourth-order valence-corrected chi connectivity index (χ4v) is 3.74. The number of hydrogen-bond donors (Lipinski definition) is 2. The normalized spacial score (nSPS) is 17.7. The summed E-state index contributed by atoms with van der Waals surface area (Å²) in [6.07, 6.45) is 3.45. The maximum Gasteiger partial charge on any atom is 0.319 e. The predicted octanol–water partition coefficient (Wildman–Crippen LogP) is 3.16. The first-order valence-electron chi connectivity index (χ1n) is 9.36. The second-order valence-electron chi connectivity index (χ2n) is 7.10. The molecule has 2 saturated heterocycles. The SMILES string of the molecule is CC(=O)Nc1cc(NC(=O)C2CCN(C(=O)N3CCCC3)CC2)ccc1Cl. The molecule has 0 atom stereocenters. The minimum Gasteiger partial charge on any atom is -0.326 e. The van der Waals surface area contributed by atoms with Crippen molar-refractivity contribution < 1.29 is 14.4 Å². The van der Waals surface area contributed by atoms with Gasteiger partial charge in [0.25, 0.3) is 0 Å². The quantitative estimate of drug-likeness (QED) is 0.828. The van der Waals surface area contributed by atoms with Crippen molar-refractivity contribution in [2.45, 2.75) is 32.6 Å². The zero-order valence-electron chi connectivity index (χ0n) is 15.5. The lowest BCUT2D eigenvalue weighted by molar-refractivity contribution is -0.121. The Kier molecular flexibility index (Phi) is 6.21. The first-order chi connectivity index (χ1) is 12.9. The number of halogens is 1. The summed E-state index contributed by atoms with van der Waals surface area (Å²) in [6.45, 7) is 4.29. The van der Waals surface area contributed by atoms with E-state index in [1.165, 1.54) is 6.92 Å². The van der Waals surface area contributed by atoms with Gasteiger partial charge in [-0.3, -0.25) is 9.59 Å². The molecular formula is C19H25ClN4O3. The zero-order chi connectivity index (χ0) is 19.4. The zero-order valence-corrected chi connectivity index (χ0v) is 16.2. The van der Waals surface area contributed by atoms with Crippen LogP contribution in [0.2, 0.25) is 5.02 Å². The van der Waals surface area contributed by atoms with E-state index in [0.717, 1.165) is 25.9 Å². The average molecular weight is 393 g/mol. The molecule has 2 heterocycles. The molecule has 8 heteroatoms. The van der Waals surface area contributed by atoms with Gasteiger partial charge >= 0.3 is 6.03 Å². The minimum absolute atomic E-state index is 0.0700. The maximum atomic E-state index is 12.6. The maximum absolute atomic E-state index is 12.6. The molecule has 2 fully saturated rings. The molecule has 146 valence electrons. The largest absolute Gasteiger partial charge is 0.326 e. The number of urea groups is 1. The number of amides is 4. The van der Waals surface area contributed by atoms with E-state index in [0.29, 0.717) is 42.3 Å². The molecule has 1 aromatic carbocycles. The van der Waals surface area contributed by atoms with Crippen molar-refractivity contribution in [2.75, 3.05) is 36.8 Å². The van der Waals surface area contributed by atoms with Crippen molar-refractivity contribution in [2.24, 2.45) is 5.92 Å². The highest BCUT2D eigenvalue weighted by Gasteiger charge is 2.30. The summed E-state index contributed by atoms with van der Waals surface area (Å²) < 4.78 is 0. The summed E-state index contributed by atoms with van der Waals surface area (Å²) in [5.41, 5.74) is 1.05. The highest BCUT2D eigenvalue weighted by Crippen LogP contribution is 2.27. The summed E-state index contributed by atoms with van der Waals surface area (Å²) in [4.78, 5) is 40.0. The van der Waals surface area contributed by atoms with Crippen molar-refractivity contribution >= 4 is 40.8 Å². The number of benzene rings is 1. The molecule has 2 N–H and O–H groups in total. The van der Waals surface area contributed by atoms with Gasteiger partial charge in [-0.2, -0.15) is 0 Å². The molecule has 7 nitrogen and oxygen atoms in total. The lowest BCUT2D eigenvalue weighted by atomic mass is 9.96. The molecule has 27 heavy (non-hydrogen) atoms. The molecule has 0 aliphatic carbocycles. The van der Waals surface area contributed by atoms with E-state index in [1.54, 1.807) is 18.2 Å². The molecule has 4 amide bonds. The average Bonchev–Trinajstić information content (AvgIpc) is 3.18. The minimum atomic E-state index is -0.226. The number of likely N-dealkylation sites (tertiary alicyclic amines) is 2. The number of rotatable bonds is 3. The Balaban J connectivity index is 1.53. The van der Waals surface area contributed by atoms with E-state index in [1.807, 2.05) is 9.80 Å². The number of nitrogens with one attached hydrogen (secondary N) is 2. The van der Waals surface area contributed by atoms with Crippen LogP contribution in [0.1, 0.15) is 32.6 Å². The summed E-state index contributed by atoms with van der Waals surface area (Å²) in [5, 5.41) is 5.94. The van der Waals surface area contributed by atoms with Crippen LogP contribution < -0.4 is 10.6 Å². The molecule has 0 bridgehead atoms. The fraction of sp³-hybridized carbons (Fsp3) is 0.526. The van der Waals surface area contributed by atoms with Gasteiger partial charge in [0.1, 0.15) is 0 Å². The van der Waals surface area contributed by atoms with Crippen molar-refractivity contribution in [3.05, 3.63) is 23.2 Å². The monoisotopic (exact) mass is 392 g/mol. The molecule has 0 saturated carbocycles. The number of piperidine rings is 1. The molecule has 1 aromatic rings. The van der Waals surface area contributed by atoms with Crippen molar-refractivity contribution in [3.8, 4) is 0 Å². The molecule has 2 aliphatic rings. The van der Waals surface area contributed by atoms with Gasteiger partial charge in [-0.15, -0.1) is 0 Å². The van der Waals surface area contributed by atoms with Crippen LogP contribution in [0.15, 0.2) is 18.2 Å². The van der Waals surface area contributed by atoms with Gasteiger partial charge in [0, 0.05) is 44.7 Å². The van der Waals surface area contributed by atoms with Crippen LogP contribution in [-0.4, -0.2) is 53.8 Å². The highest BCUT2D eigenvalue weighted by atomic mass is 35.5. The Labute approximate surface area is 164 Å². The van der Waals surface area contributed by atoms with Crippen LogP contribution in [0.25, 0.3) is 0 Å². The third kappa shape index (κ3) is 4.91. The van der Waals surface area contributed by atoms with Crippen LogP contribution in [0.4, 0.5) is 16.2 Å². The smallest absolute Gasteiger partial charge is 0.319 e. The third-order valence-electron chi connectivity index (χ3n) is 5.06. The van der Waals surface area contributed by atoms with E-state index in [4.69, 9.17) is 11.6 Å². The van der Waals surface area contributed by atoms with Crippen molar-refractivity contribution in [1.82, 2.24) is 9.80 Å². The second-order valence-corrected chi connectivity index (χ2v) is 7.51. The predicted molar refractivity (Wildman–Crippen MR) is 105 cm³/mol. The van der Waals surface area contributed by atoms with Crippen molar-refractivity contribution in [3.63, 3.8) is 0 Å². The van der Waals surface area contributed by atoms with Crippen LogP contribution in [0.3, 0.4) is 0 Å². The Morgan fingerprint density at radius 1 is 1.00 bits per heavy atom. The van der Waals surface area contributed by atoms with Crippen LogP contribution in [0, 0.1) is 5.92 Å². The van der Waals surface area contributed by atoms with Gasteiger partial charge in [-0.25, -0.2) is 4.79 Å². The lowest BCUT2D eigenvalue weighted by Crippen LogP contribution is -2.47. The van der Waals surface area contributed by atoms with Gasteiger partial charge in [-0.05, 0) is 43.9 Å². The van der Waals surface area contributed by atoms with E-state index in [-0.39, 0.29) is 23.8 Å². The van der Waals surface area contributed by atoms with Gasteiger partial charge < -0.3 is 20.4 Å². The molecular weight excluding hydrogens is 368 g/mol. The van der Waals surface area contributed by atoms with Crippen LogP contribution >= 0.6 is 11.6 Å². The second kappa shape index (κ2) is 8.61. The topological polar surface area (TPSA) is 81.8 Å². The summed E-state index contributed by atoms with van der Waals surface area (Å²) in [5.74, 6) is -0.428. The standard InChI is InChI=1S/C19H25ClN4O3/c1-13(25)21-17-12-15(4-5-16(17)20)22-18(26)14-6-10-24(11-7-14)19(27)23-8-2-3-9-23/h4-5,12,14H,2-3,6-11H2,1H3,(H,21,25)(H,22,26). The third-order valence-corrected chi connectivity index (χ3v) is 5.39. The number of nitrogens with zero attached hydrogens (tertiary/aromatic N) is 2. The Bertz CT molecular complexity index is 726. The van der Waals surface area contributed by atoms with Crippen LogP contribution in [-0.2, 0) is 9.59 Å². The number of anilines is 2. The Hall–Kier alpha value is -2.28. The van der Waals surface area contributed by atoms with Crippen LogP contribution in [0.5, 0.6) is 0 Å². The Morgan fingerprint density at radius 2 is 1.63 bits per heavy atom. The summed E-state index contributed by atoms with van der Waals surface area (Å²) >= 11 is 6.06. The highest BCUT2D eigenvalue weighted by molar-refractivity contribution is 6.33. The first-order valence-corrected chi connectivity index (χ1v) is 9.73. The molecule has 0 aromatic heterocycles. The van der Waals surface area contributed by atoms with Gasteiger partial charge in [0.05, 0.1) is 10.7 Å². The molecule has 0 unspecified atom stereocenters.